The van der Waals surface area contributed by atoms with Gasteiger partial charge in [-0.1, -0.05) is 36.4 Å². The van der Waals surface area contributed by atoms with Crippen LogP contribution in [0.15, 0.2) is 54.9 Å². The number of benzene rings is 1. The van der Waals surface area contributed by atoms with Crippen molar-refractivity contribution in [2.75, 3.05) is 6.54 Å². The lowest BCUT2D eigenvalue weighted by Crippen LogP contribution is -2.27. The summed E-state index contributed by atoms with van der Waals surface area (Å²) in [6.07, 6.45) is 4.00. The van der Waals surface area contributed by atoms with Gasteiger partial charge in [-0.15, -0.1) is 0 Å². The second-order valence-electron chi connectivity index (χ2n) is 4.59. The number of ether oxygens (including phenoxy) is 1. The van der Waals surface area contributed by atoms with E-state index in [0.717, 1.165) is 11.1 Å². The Morgan fingerprint density at radius 1 is 1.15 bits per heavy atom. The molecule has 20 heavy (non-hydrogen) atoms. The number of carbonyl (C=O) groups excluding carboxylic acids is 1. The maximum Gasteiger partial charge on any atom is 0.310 e. The minimum absolute atomic E-state index is 0.264. The van der Waals surface area contributed by atoms with Gasteiger partial charge in [-0.25, -0.2) is 0 Å². The van der Waals surface area contributed by atoms with E-state index in [1.807, 2.05) is 42.5 Å². The first kappa shape index (κ1) is 14.2. The maximum absolute atomic E-state index is 12.0. The van der Waals surface area contributed by atoms with E-state index >= 15 is 0 Å². The highest BCUT2D eigenvalue weighted by molar-refractivity contribution is 5.73. The largest absolute Gasteiger partial charge is 0.461 e. The van der Waals surface area contributed by atoms with E-state index in [1.54, 1.807) is 12.4 Å². The molecule has 1 aromatic heterocycles. The summed E-state index contributed by atoms with van der Waals surface area (Å²) in [6.45, 7) is 0.547. The van der Waals surface area contributed by atoms with Crippen LogP contribution in [0.5, 0.6) is 0 Å². The van der Waals surface area contributed by atoms with Crippen LogP contribution in [0.25, 0.3) is 0 Å². The quantitative estimate of drug-likeness (QED) is 0.815. The van der Waals surface area contributed by atoms with Crippen molar-refractivity contribution in [1.29, 1.82) is 0 Å². The lowest BCUT2D eigenvalue weighted by molar-refractivity contribution is -0.149. The lowest BCUT2D eigenvalue weighted by atomic mass is 10.0. The molecule has 0 bridgehead atoms. The van der Waals surface area contributed by atoms with Gasteiger partial charge in [0, 0.05) is 18.9 Å². The first-order valence-electron chi connectivity index (χ1n) is 6.59. The average molecular weight is 270 g/mol. The Kier molecular flexibility index (Phi) is 5.26. The van der Waals surface area contributed by atoms with E-state index in [2.05, 4.69) is 4.98 Å². The zero-order valence-electron chi connectivity index (χ0n) is 11.2. The van der Waals surface area contributed by atoms with Crippen molar-refractivity contribution < 1.29 is 9.53 Å². The molecule has 1 unspecified atom stereocenters. The van der Waals surface area contributed by atoms with Crippen molar-refractivity contribution in [2.45, 2.75) is 13.0 Å². The van der Waals surface area contributed by atoms with Crippen LogP contribution in [0, 0.1) is 5.92 Å². The fourth-order valence-electron chi connectivity index (χ4n) is 1.91. The topological polar surface area (TPSA) is 65.2 Å². The number of hydrogen-bond donors (Lipinski definition) is 1. The van der Waals surface area contributed by atoms with Crippen molar-refractivity contribution in [1.82, 2.24) is 4.98 Å². The second-order valence-corrected chi connectivity index (χ2v) is 4.59. The molecular weight excluding hydrogens is 252 g/mol. The van der Waals surface area contributed by atoms with E-state index in [9.17, 15) is 4.79 Å². The Bertz CT molecular complexity index is 529. The summed E-state index contributed by atoms with van der Waals surface area (Å²) >= 11 is 0. The molecule has 0 saturated heterocycles. The summed E-state index contributed by atoms with van der Waals surface area (Å²) in [5, 5.41) is 0. The van der Waals surface area contributed by atoms with Crippen molar-refractivity contribution >= 4 is 5.97 Å². The summed E-state index contributed by atoms with van der Waals surface area (Å²) in [5.41, 5.74) is 7.63. The number of hydrogen-bond acceptors (Lipinski definition) is 4. The molecule has 1 aromatic carbocycles. The molecule has 2 N–H and O–H groups in total. The van der Waals surface area contributed by atoms with Crippen LogP contribution >= 0.6 is 0 Å². The van der Waals surface area contributed by atoms with E-state index in [4.69, 9.17) is 10.5 Å². The Labute approximate surface area is 118 Å². The summed E-state index contributed by atoms with van der Waals surface area (Å²) < 4.78 is 5.31. The normalized spacial score (nSPS) is 11.8. The summed E-state index contributed by atoms with van der Waals surface area (Å²) in [6, 6.07) is 13.4. The van der Waals surface area contributed by atoms with Crippen LogP contribution in [0.1, 0.15) is 11.1 Å². The van der Waals surface area contributed by atoms with Gasteiger partial charge in [0.2, 0.25) is 0 Å². The molecule has 0 aliphatic heterocycles. The van der Waals surface area contributed by atoms with E-state index in [1.165, 1.54) is 0 Å². The zero-order chi connectivity index (χ0) is 14.2. The van der Waals surface area contributed by atoms with Crippen molar-refractivity contribution in [2.24, 2.45) is 11.7 Å². The predicted octanol–water partition coefficient (Wildman–Crippen LogP) is 1.94. The summed E-state index contributed by atoms with van der Waals surface area (Å²) in [5.74, 6) is -0.594. The van der Waals surface area contributed by atoms with Crippen LogP contribution < -0.4 is 5.73 Å². The maximum atomic E-state index is 12.0. The third-order valence-electron chi connectivity index (χ3n) is 3.05. The number of aromatic nitrogens is 1. The molecule has 2 aromatic rings. The van der Waals surface area contributed by atoms with Gasteiger partial charge in [-0.3, -0.25) is 9.78 Å². The van der Waals surface area contributed by atoms with Crippen molar-refractivity contribution in [3.05, 3.63) is 66.0 Å². The molecule has 0 fully saturated rings. The number of rotatable bonds is 6. The highest BCUT2D eigenvalue weighted by atomic mass is 16.5. The molecule has 1 atom stereocenters. The van der Waals surface area contributed by atoms with Gasteiger partial charge in [0.1, 0.15) is 6.61 Å². The highest BCUT2D eigenvalue weighted by Gasteiger charge is 2.19. The Morgan fingerprint density at radius 2 is 1.90 bits per heavy atom. The number of esters is 1. The van der Waals surface area contributed by atoms with Gasteiger partial charge in [0.05, 0.1) is 5.92 Å². The zero-order valence-corrected chi connectivity index (χ0v) is 11.2. The number of nitrogens with zero attached hydrogens (tertiary/aromatic N) is 1. The van der Waals surface area contributed by atoms with Crippen LogP contribution in [0.4, 0.5) is 0 Å². The fourth-order valence-corrected chi connectivity index (χ4v) is 1.91. The molecule has 0 radical (unpaired) electrons. The van der Waals surface area contributed by atoms with Gasteiger partial charge in [0.25, 0.3) is 0 Å². The van der Waals surface area contributed by atoms with Gasteiger partial charge in [-0.05, 0) is 23.6 Å². The molecule has 1 heterocycles. The van der Waals surface area contributed by atoms with Crippen LogP contribution in [0.2, 0.25) is 0 Å². The molecule has 104 valence electrons. The number of pyridine rings is 1. The SMILES string of the molecule is NCC(Cc1cccnc1)C(=O)OCc1ccccc1. The molecular formula is C16H18N2O2. The predicted molar refractivity (Wildman–Crippen MR) is 76.7 cm³/mol. The van der Waals surface area contributed by atoms with Crippen molar-refractivity contribution in [3.63, 3.8) is 0 Å². The molecule has 0 spiro atoms. The smallest absolute Gasteiger partial charge is 0.310 e. The average Bonchev–Trinajstić information content (AvgIpc) is 2.52. The second kappa shape index (κ2) is 7.40. The summed E-state index contributed by atoms with van der Waals surface area (Å²) in [7, 11) is 0. The van der Waals surface area contributed by atoms with Crippen molar-refractivity contribution in [3.8, 4) is 0 Å². The fraction of sp³-hybridized carbons (Fsp3) is 0.250. The minimum Gasteiger partial charge on any atom is -0.461 e. The van der Waals surface area contributed by atoms with E-state index in [-0.39, 0.29) is 25.0 Å². The molecule has 0 aliphatic carbocycles. The standard InChI is InChI=1S/C16H18N2O2/c17-10-15(9-14-7-4-8-18-11-14)16(19)20-12-13-5-2-1-3-6-13/h1-8,11,15H,9-10,12,17H2. The van der Waals surface area contributed by atoms with E-state index in [0.29, 0.717) is 6.42 Å². The Morgan fingerprint density at radius 3 is 2.55 bits per heavy atom. The molecule has 4 heteroatoms. The Balaban J connectivity index is 1.89. The first-order valence-corrected chi connectivity index (χ1v) is 6.59. The third-order valence-corrected chi connectivity index (χ3v) is 3.05. The van der Waals surface area contributed by atoms with Gasteiger partial charge in [0.15, 0.2) is 0 Å². The van der Waals surface area contributed by atoms with Crippen LogP contribution in [-0.4, -0.2) is 17.5 Å². The summed E-state index contributed by atoms with van der Waals surface area (Å²) in [4.78, 5) is 16.1. The first-order chi connectivity index (χ1) is 9.79. The number of nitrogens with two attached hydrogens (primary N) is 1. The molecule has 0 aliphatic rings. The van der Waals surface area contributed by atoms with Crippen LogP contribution in [0.3, 0.4) is 0 Å². The molecule has 2 rings (SSSR count). The van der Waals surface area contributed by atoms with E-state index < -0.39 is 0 Å². The number of carbonyl (C=O) groups is 1. The van der Waals surface area contributed by atoms with Gasteiger partial charge in [-0.2, -0.15) is 0 Å². The Hall–Kier alpha value is -2.20. The van der Waals surface area contributed by atoms with Crippen LogP contribution in [-0.2, 0) is 22.6 Å². The van der Waals surface area contributed by atoms with Gasteiger partial charge >= 0.3 is 5.97 Å². The third kappa shape index (κ3) is 4.17. The molecule has 4 nitrogen and oxygen atoms in total. The molecule has 0 saturated carbocycles. The molecule has 0 amide bonds. The minimum atomic E-state index is -0.331. The monoisotopic (exact) mass is 270 g/mol. The van der Waals surface area contributed by atoms with Gasteiger partial charge < -0.3 is 10.5 Å². The lowest BCUT2D eigenvalue weighted by Gasteiger charge is -2.14. The highest BCUT2D eigenvalue weighted by Crippen LogP contribution is 2.10.